The first-order valence-corrected chi connectivity index (χ1v) is 7.89. The van der Waals surface area contributed by atoms with Crippen molar-refractivity contribution < 1.29 is 9.84 Å². The third-order valence-corrected chi connectivity index (χ3v) is 4.88. The number of phenolic OH excluding ortho intramolecular Hbond substituents is 1. The second kappa shape index (κ2) is 6.15. The molecule has 0 aromatic heterocycles. The average Bonchev–Trinajstić information content (AvgIpc) is 2.49. The summed E-state index contributed by atoms with van der Waals surface area (Å²) in [5.41, 5.74) is 2.70. The molecule has 1 aromatic carbocycles. The lowest BCUT2D eigenvalue weighted by atomic mass is 9.85. The summed E-state index contributed by atoms with van der Waals surface area (Å²) in [5, 5.41) is 13.5. The van der Waals surface area contributed by atoms with Gasteiger partial charge in [0.05, 0.1) is 0 Å². The van der Waals surface area contributed by atoms with Gasteiger partial charge in [0.25, 0.3) is 0 Å². The van der Waals surface area contributed by atoms with E-state index in [0.29, 0.717) is 23.8 Å². The van der Waals surface area contributed by atoms with Gasteiger partial charge in [0.15, 0.2) is 0 Å². The molecule has 3 nitrogen and oxygen atoms in total. The zero-order valence-electron chi connectivity index (χ0n) is 12.3. The summed E-state index contributed by atoms with van der Waals surface area (Å²) >= 11 is 0. The number of aryl methyl sites for hydroxylation is 1. The third kappa shape index (κ3) is 2.99. The quantitative estimate of drug-likeness (QED) is 0.890. The Morgan fingerprint density at radius 3 is 2.85 bits per heavy atom. The van der Waals surface area contributed by atoms with Crippen molar-refractivity contribution in [2.24, 2.45) is 5.92 Å². The molecule has 0 radical (unpaired) electrons. The Bertz CT molecular complexity index is 454. The topological polar surface area (TPSA) is 41.5 Å². The Labute approximate surface area is 121 Å². The van der Waals surface area contributed by atoms with E-state index in [1.54, 1.807) is 0 Å². The van der Waals surface area contributed by atoms with Gasteiger partial charge in [-0.1, -0.05) is 6.07 Å². The van der Waals surface area contributed by atoms with Gasteiger partial charge in [0.1, 0.15) is 5.75 Å². The van der Waals surface area contributed by atoms with Crippen molar-refractivity contribution >= 4 is 0 Å². The van der Waals surface area contributed by atoms with Crippen molar-refractivity contribution in [3.8, 4) is 5.75 Å². The summed E-state index contributed by atoms with van der Waals surface area (Å²) < 4.78 is 5.45. The predicted octanol–water partition coefficient (Wildman–Crippen LogP) is 3.17. The Morgan fingerprint density at radius 1 is 1.25 bits per heavy atom. The van der Waals surface area contributed by atoms with E-state index in [4.69, 9.17) is 4.74 Å². The maximum absolute atomic E-state index is 9.74. The van der Waals surface area contributed by atoms with Gasteiger partial charge in [0.2, 0.25) is 0 Å². The Morgan fingerprint density at radius 2 is 2.05 bits per heavy atom. The van der Waals surface area contributed by atoms with E-state index in [0.717, 1.165) is 32.5 Å². The van der Waals surface area contributed by atoms with Crippen LogP contribution in [0.3, 0.4) is 0 Å². The van der Waals surface area contributed by atoms with Crippen molar-refractivity contribution in [1.82, 2.24) is 5.32 Å². The van der Waals surface area contributed by atoms with Crippen LogP contribution in [0.5, 0.6) is 5.75 Å². The number of benzene rings is 1. The highest BCUT2D eigenvalue weighted by atomic mass is 16.5. The molecule has 0 bridgehead atoms. The average molecular weight is 275 g/mol. The fraction of sp³-hybridized carbons (Fsp3) is 0.647. The van der Waals surface area contributed by atoms with Crippen LogP contribution in [0.15, 0.2) is 18.2 Å². The molecule has 0 spiro atoms. The van der Waals surface area contributed by atoms with Crippen molar-refractivity contribution in [1.29, 1.82) is 0 Å². The molecule has 20 heavy (non-hydrogen) atoms. The largest absolute Gasteiger partial charge is 0.508 e. The van der Waals surface area contributed by atoms with Crippen LogP contribution in [0, 0.1) is 5.92 Å². The van der Waals surface area contributed by atoms with Gasteiger partial charge in [-0.25, -0.2) is 0 Å². The Kier molecular flexibility index (Phi) is 4.27. The molecule has 1 aliphatic carbocycles. The first-order chi connectivity index (χ1) is 9.74. The molecule has 2 aliphatic rings. The van der Waals surface area contributed by atoms with E-state index in [-0.39, 0.29) is 0 Å². The van der Waals surface area contributed by atoms with Crippen molar-refractivity contribution in [2.45, 2.75) is 51.1 Å². The minimum Gasteiger partial charge on any atom is -0.508 e. The molecule has 2 unspecified atom stereocenters. The summed E-state index contributed by atoms with van der Waals surface area (Å²) in [4.78, 5) is 0. The van der Waals surface area contributed by atoms with Gasteiger partial charge in [-0.2, -0.15) is 0 Å². The highest BCUT2D eigenvalue weighted by molar-refractivity contribution is 5.38. The van der Waals surface area contributed by atoms with Gasteiger partial charge in [-0.05, 0) is 68.2 Å². The number of rotatable bonds is 3. The maximum Gasteiger partial charge on any atom is 0.115 e. The Balaban J connectivity index is 1.70. The summed E-state index contributed by atoms with van der Waals surface area (Å²) in [6.45, 7) is 4.10. The highest BCUT2D eigenvalue weighted by Gasteiger charge is 2.26. The molecule has 1 aliphatic heterocycles. The van der Waals surface area contributed by atoms with Crippen LogP contribution in [-0.2, 0) is 11.2 Å². The molecule has 1 heterocycles. The predicted molar refractivity (Wildman–Crippen MR) is 79.9 cm³/mol. The molecule has 2 atom stereocenters. The van der Waals surface area contributed by atoms with E-state index < -0.39 is 0 Å². The molecule has 1 fully saturated rings. The van der Waals surface area contributed by atoms with E-state index in [9.17, 15) is 5.11 Å². The van der Waals surface area contributed by atoms with Crippen LogP contribution in [0.1, 0.15) is 49.8 Å². The SMILES string of the molecule is CC(NC1CCCc2ccc(O)cc21)C1CCOCC1. The lowest BCUT2D eigenvalue weighted by Gasteiger charge is -2.34. The monoisotopic (exact) mass is 275 g/mol. The first kappa shape index (κ1) is 13.9. The number of fused-ring (bicyclic) bond motifs is 1. The van der Waals surface area contributed by atoms with Gasteiger partial charge < -0.3 is 15.2 Å². The number of ether oxygens (including phenoxy) is 1. The van der Waals surface area contributed by atoms with Gasteiger partial charge in [-0.3, -0.25) is 0 Å². The minimum atomic E-state index is 0.385. The molecular formula is C17H25NO2. The Hall–Kier alpha value is -1.06. The lowest BCUT2D eigenvalue weighted by molar-refractivity contribution is 0.0540. The summed E-state index contributed by atoms with van der Waals surface area (Å²) in [6.07, 6.45) is 5.86. The van der Waals surface area contributed by atoms with Crippen molar-refractivity contribution in [3.05, 3.63) is 29.3 Å². The van der Waals surface area contributed by atoms with Gasteiger partial charge in [0, 0.05) is 25.3 Å². The van der Waals surface area contributed by atoms with E-state index in [2.05, 4.69) is 18.3 Å². The second-order valence-corrected chi connectivity index (χ2v) is 6.23. The number of hydrogen-bond acceptors (Lipinski definition) is 3. The van der Waals surface area contributed by atoms with Crippen molar-refractivity contribution in [2.75, 3.05) is 13.2 Å². The molecule has 1 saturated heterocycles. The fourth-order valence-corrected chi connectivity index (χ4v) is 3.63. The van der Waals surface area contributed by atoms with Gasteiger partial charge >= 0.3 is 0 Å². The molecule has 110 valence electrons. The second-order valence-electron chi connectivity index (χ2n) is 6.23. The molecule has 0 amide bonds. The third-order valence-electron chi connectivity index (χ3n) is 4.88. The summed E-state index contributed by atoms with van der Waals surface area (Å²) in [7, 11) is 0. The number of phenols is 1. The number of aromatic hydroxyl groups is 1. The maximum atomic E-state index is 9.74. The molecular weight excluding hydrogens is 250 g/mol. The fourth-order valence-electron chi connectivity index (χ4n) is 3.63. The van der Waals surface area contributed by atoms with Crippen molar-refractivity contribution in [3.63, 3.8) is 0 Å². The van der Waals surface area contributed by atoms with Crippen LogP contribution >= 0.6 is 0 Å². The van der Waals surface area contributed by atoms with E-state index >= 15 is 0 Å². The summed E-state index contributed by atoms with van der Waals surface area (Å²) in [6, 6.07) is 6.74. The smallest absolute Gasteiger partial charge is 0.115 e. The van der Waals surface area contributed by atoms with Crippen LogP contribution in [-0.4, -0.2) is 24.4 Å². The molecule has 2 N–H and O–H groups in total. The van der Waals surface area contributed by atoms with Crippen LogP contribution < -0.4 is 5.32 Å². The number of nitrogens with one attached hydrogen (secondary N) is 1. The van der Waals surface area contributed by atoms with Crippen LogP contribution in [0.25, 0.3) is 0 Å². The summed E-state index contributed by atoms with van der Waals surface area (Å²) in [5.74, 6) is 1.10. The molecule has 3 heteroatoms. The standard InChI is InChI=1S/C17H25NO2/c1-12(13-7-9-20-10-8-13)18-17-4-2-3-14-5-6-15(19)11-16(14)17/h5-6,11-13,17-19H,2-4,7-10H2,1H3. The lowest BCUT2D eigenvalue weighted by Crippen LogP contribution is -2.39. The molecule has 1 aromatic rings. The first-order valence-electron chi connectivity index (χ1n) is 7.89. The highest BCUT2D eigenvalue weighted by Crippen LogP contribution is 2.33. The molecule has 3 rings (SSSR count). The van der Waals surface area contributed by atoms with E-state index in [1.807, 2.05) is 12.1 Å². The zero-order chi connectivity index (χ0) is 13.9. The van der Waals surface area contributed by atoms with Crippen LogP contribution in [0.4, 0.5) is 0 Å². The zero-order valence-corrected chi connectivity index (χ0v) is 12.3. The number of hydrogen-bond donors (Lipinski definition) is 2. The van der Waals surface area contributed by atoms with Gasteiger partial charge in [-0.15, -0.1) is 0 Å². The normalized spacial score (nSPS) is 25.1. The van der Waals surface area contributed by atoms with Crippen LogP contribution in [0.2, 0.25) is 0 Å². The molecule has 0 saturated carbocycles. The minimum absolute atomic E-state index is 0.385. The van der Waals surface area contributed by atoms with E-state index in [1.165, 1.54) is 24.0 Å².